The first-order chi connectivity index (χ1) is 8.25. The van der Waals surface area contributed by atoms with E-state index < -0.39 is 6.04 Å². The third kappa shape index (κ3) is 2.00. The van der Waals surface area contributed by atoms with Crippen molar-refractivity contribution in [2.75, 3.05) is 13.1 Å². The van der Waals surface area contributed by atoms with E-state index >= 15 is 0 Å². The third-order valence-electron chi connectivity index (χ3n) is 4.15. The van der Waals surface area contributed by atoms with Crippen molar-refractivity contribution >= 4 is 17.2 Å². The zero-order valence-electron chi connectivity index (χ0n) is 9.84. The second-order valence-electron chi connectivity index (χ2n) is 5.19. The lowest BCUT2D eigenvalue weighted by Gasteiger charge is -2.20. The van der Waals surface area contributed by atoms with E-state index in [2.05, 4.69) is 0 Å². The number of fused-ring (bicyclic) bond motifs is 1. The van der Waals surface area contributed by atoms with E-state index in [1.807, 2.05) is 22.4 Å². The van der Waals surface area contributed by atoms with E-state index in [0.29, 0.717) is 0 Å². The van der Waals surface area contributed by atoms with Crippen LogP contribution in [0.25, 0.3) is 0 Å². The Kier molecular flexibility index (Phi) is 2.92. The zero-order chi connectivity index (χ0) is 11.8. The van der Waals surface area contributed by atoms with Gasteiger partial charge in [0.25, 0.3) is 0 Å². The third-order valence-corrected chi connectivity index (χ3v) is 5.11. The number of carbonyl (C=O) groups is 1. The van der Waals surface area contributed by atoms with E-state index in [-0.39, 0.29) is 5.91 Å². The molecule has 1 amide bonds. The standard InChI is InChI=1S/C13H18N2OS/c14-12(11-5-2-6-17-11)13(16)15-7-9-3-1-4-10(9)8-15/h2,5-6,9-10,12H,1,3-4,7-8,14H2. The van der Waals surface area contributed by atoms with Crippen LogP contribution in [0.4, 0.5) is 0 Å². The minimum atomic E-state index is -0.450. The molecule has 92 valence electrons. The Morgan fingerprint density at radius 3 is 2.71 bits per heavy atom. The van der Waals surface area contributed by atoms with Crippen LogP contribution in [0.15, 0.2) is 17.5 Å². The molecule has 2 heterocycles. The molecule has 3 atom stereocenters. The van der Waals surface area contributed by atoms with Gasteiger partial charge in [-0.15, -0.1) is 11.3 Å². The maximum Gasteiger partial charge on any atom is 0.244 e. The lowest BCUT2D eigenvalue weighted by Crippen LogP contribution is -2.37. The monoisotopic (exact) mass is 250 g/mol. The molecule has 0 spiro atoms. The largest absolute Gasteiger partial charge is 0.340 e. The molecule has 3 nitrogen and oxygen atoms in total. The summed E-state index contributed by atoms with van der Waals surface area (Å²) >= 11 is 1.57. The first kappa shape index (κ1) is 11.2. The number of likely N-dealkylation sites (tertiary alicyclic amines) is 1. The molecule has 4 heteroatoms. The maximum absolute atomic E-state index is 12.3. The molecule has 1 saturated carbocycles. The van der Waals surface area contributed by atoms with Crippen LogP contribution >= 0.6 is 11.3 Å². The Bertz CT molecular complexity index is 392. The smallest absolute Gasteiger partial charge is 0.244 e. The quantitative estimate of drug-likeness (QED) is 0.872. The Hall–Kier alpha value is -0.870. The molecule has 0 aromatic carbocycles. The fourth-order valence-electron chi connectivity index (χ4n) is 3.20. The number of hydrogen-bond acceptors (Lipinski definition) is 3. The number of rotatable bonds is 2. The van der Waals surface area contributed by atoms with Crippen LogP contribution in [-0.4, -0.2) is 23.9 Å². The van der Waals surface area contributed by atoms with E-state index in [4.69, 9.17) is 5.73 Å². The molecule has 1 aromatic heterocycles. The summed E-state index contributed by atoms with van der Waals surface area (Å²) < 4.78 is 0. The van der Waals surface area contributed by atoms with Gasteiger partial charge in [-0.1, -0.05) is 12.5 Å². The van der Waals surface area contributed by atoms with Gasteiger partial charge in [0.05, 0.1) is 0 Å². The van der Waals surface area contributed by atoms with Crippen LogP contribution in [0, 0.1) is 11.8 Å². The molecule has 3 rings (SSSR count). The number of amides is 1. The molecule has 2 fully saturated rings. The van der Waals surface area contributed by atoms with Gasteiger partial charge >= 0.3 is 0 Å². The number of hydrogen-bond donors (Lipinski definition) is 1. The molecule has 0 bridgehead atoms. The van der Waals surface area contributed by atoms with Crippen LogP contribution in [-0.2, 0) is 4.79 Å². The van der Waals surface area contributed by atoms with Crippen molar-refractivity contribution in [1.29, 1.82) is 0 Å². The summed E-state index contributed by atoms with van der Waals surface area (Å²) in [5.41, 5.74) is 6.03. The van der Waals surface area contributed by atoms with Crippen molar-refractivity contribution in [3.05, 3.63) is 22.4 Å². The fraction of sp³-hybridized carbons (Fsp3) is 0.615. The highest BCUT2D eigenvalue weighted by atomic mass is 32.1. The number of nitrogens with zero attached hydrogens (tertiary/aromatic N) is 1. The summed E-state index contributed by atoms with van der Waals surface area (Å²) in [4.78, 5) is 15.2. The highest BCUT2D eigenvalue weighted by molar-refractivity contribution is 7.10. The minimum absolute atomic E-state index is 0.113. The van der Waals surface area contributed by atoms with Crippen molar-refractivity contribution in [2.24, 2.45) is 17.6 Å². The number of carbonyl (C=O) groups excluding carboxylic acids is 1. The van der Waals surface area contributed by atoms with Gasteiger partial charge in [0.15, 0.2) is 0 Å². The van der Waals surface area contributed by atoms with Crippen molar-refractivity contribution in [2.45, 2.75) is 25.3 Å². The van der Waals surface area contributed by atoms with Crippen LogP contribution in [0.2, 0.25) is 0 Å². The van der Waals surface area contributed by atoms with Gasteiger partial charge in [0.1, 0.15) is 6.04 Å². The molecule has 2 aliphatic rings. The number of thiophene rings is 1. The van der Waals surface area contributed by atoms with Gasteiger partial charge in [-0.25, -0.2) is 0 Å². The summed E-state index contributed by atoms with van der Waals surface area (Å²) in [6.45, 7) is 1.87. The first-order valence-corrected chi connectivity index (χ1v) is 7.21. The Morgan fingerprint density at radius 1 is 1.41 bits per heavy atom. The summed E-state index contributed by atoms with van der Waals surface area (Å²) in [5.74, 6) is 1.60. The molecular formula is C13H18N2OS. The van der Waals surface area contributed by atoms with Gasteiger partial charge in [-0.05, 0) is 36.1 Å². The van der Waals surface area contributed by atoms with Crippen molar-refractivity contribution < 1.29 is 4.79 Å². The molecule has 1 aliphatic carbocycles. The molecule has 1 aromatic rings. The SMILES string of the molecule is NC(C(=O)N1CC2CCCC2C1)c1cccs1. The molecule has 0 radical (unpaired) electrons. The molecule has 17 heavy (non-hydrogen) atoms. The second-order valence-corrected chi connectivity index (χ2v) is 6.17. The first-order valence-electron chi connectivity index (χ1n) is 6.33. The van der Waals surface area contributed by atoms with Gasteiger partial charge in [-0.2, -0.15) is 0 Å². The predicted octanol–water partition coefficient (Wildman–Crippen LogP) is 2.01. The van der Waals surface area contributed by atoms with Crippen LogP contribution in [0.3, 0.4) is 0 Å². The summed E-state index contributed by atoms with van der Waals surface area (Å²) in [5, 5.41) is 1.97. The molecule has 2 N–H and O–H groups in total. The van der Waals surface area contributed by atoms with Gasteiger partial charge < -0.3 is 10.6 Å². The van der Waals surface area contributed by atoms with Crippen molar-refractivity contribution in [3.8, 4) is 0 Å². The van der Waals surface area contributed by atoms with Crippen LogP contribution < -0.4 is 5.73 Å². The topological polar surface area (TPSA) is 46.3 Å². The highest BCUT2D eigenvalue weighted by Crippen LogP contribution is 2.38. The fourth-order valence-corrected chi connectivity index (χ4v) is 3.92. The van der Waals surface area contributed by atoms with Gasteiger partial charge in [0, 0.05) is 18.0 Å². The zero-order valence-corrected chi connectivity index (χ0v) is 10.7. The van der Waals surface area contributed by atoms with Gasteiger partial charge in [0.2, 0.25) is 5.91 Å². The maximum atomic E-state index is 12.3. The van der Waals surface area contributed by atoms with Crippen molar-refractivity contribution in [3.63, 3.8) is 0 Å². The normalized spacial score (nSPS) is 29.4. The molecule has 3 unspecified atom stereocenters. The molecule has 1 aliphatic heterocycles. The molecular weight excluding hydrogens is 232 g/mol. The van der Waals surface area contributed by atoms with Crippen LogP contribution in [0.1, 0.15) is 30.2 Å². The Morgan fingerprint density at radius 2 is 2.12 bits per heavy atom. The number of nitrogens with two attached hydrogens (primary N) is 1. The van der Waals surface area contributed by atoms with Crippen LogP contribution in [0.5, 0.6) is 0 Å². The summed E-state index contributed by atoms with van der Waals surface area (Å²) in [7, 11) is 0. The lowest BCUT2D eigenvalue weighted by molar-refractivity contribution is -0.131. The van der Waals surface area contributed by atoms with Gasteiger partial charge in [-0.3, -0.25) is 4.79 Å². The van der Waals surface area contributed by atoms with E-state index in [0.717, 1.165) is 29.8 Å². The Balaban J connectivity index is 1.67. The summed E-state index contributed by atoms with van der Waals surface area (Å²) in [6.07, 6.45) is 3.93. The summed E-state index contributed by atoms with van der Waals surface area (Å²) in [6, 6.07) is 3.45. The highest BCUT2D eigenvalue weighted by Gasteiger charge is 2.39. The average Bonchev–Trinajstić information content (AvgIpc) is 3.01. The minimum Gasteiger partial charge on any atom is -0.340 e. The average molecular weight is 250 g/mol. The lowest BCUT2D eigenvalue weighted by atomic mass is 10.0. The van der Waals surface area contributed by atoms with Crippen molar-refractivity contribution in [1.82, 2.24) is 4.90 Å². The molecule has 1 saturated heterocycles. The predicted molar refractivity (Wildman–Crippen MR) is 68.7 cm³/mol. The second kappa shape index (κ2) is 4.42. The van der Waals surface area contributed by atoms with E-state index in [1.165, 1.54) is 19.3 Å². The van der Waals surface area contributed by atoms with E-state index in [1.54, 1.807) is 11.3 Å². The van der Waals surface area contributed by atoms with E-state index in [9.17, 15) is 4.79 Å². The Labute approximate surface area is 106 Å².